The van der Waals surface area contributed by atoms with Crippen LogP contribution in [0.4, 0.5) is 5.69 Å². The van der Waals surface area contributed by atoms with Gasteiger partial charge in [0, 0.05) is 16.0 Å². The van der Waals surface area contributed by atoms with Gasteiger partial charge in [-0.15, -0.1) is 11.3 Å². The zero-order chi connectivity index (χ0) is 16.2. The summed E-state index contributed by atoms with van der Waals surface area (Å²) in [5, 5.41) is 13.3. The van der Waals surface area contributed by atoms with Gasteiger partial charge in [0.15, 0.2) is 0 Å². The van der Waals surface area contributed by atoms with Gasteiger partial charge >= 0.3 is 0 Å². The van der Waals surface area contributed by atoms with E-state index in [4.69, 9.17) is 23.2 Å². The molecule has 0 aliphatic heterocycles. The highest BCUT2D eigenvalue weighted by Gasteiger charge is 2.05. The van der Waals surface area contributed by atoms with E-state index in [1.807, 2.05) is 29.6 Å². The molecule has 0 aliphatic rings. The molecule has 2 N–H and O–H groups in total. The zero-order valence-corrected chi connectivity index (χ0v) is 13.8. The molecule has 2 aromatic heterocycles. The Morgan fingerprint density at radius 3 is 2.83 bits per heavy atom. The van der Waals surface area contributed by atoms with Gasteiger partial charge in [0.05, 0.1) is 18.1 Å². The number of nitrogens with zero attached hydrogens (tertiary/aromatic N) is 3. The summed E-state index contributed by atoms with van der Waals surface area (Å²) in [5.74, 6) is 0. The summed E-state index contributed by atoms with van der Waals surface area (Å²) in [5.41, 5.74) is 4.16. The fraction of sp³-hybridized carbons (Fsp3) is 0. The predicted octanol–water partition coefficient (Wildman–Crippen LogP) is 3.65. The highest BCUT2D eigenvalue weighted by molar-refractivity contribution is 7.13. The Balaban J connectivity index is 1.72. The van der Waals surface area contributed by atoms with E-state index in [2.05, 4.69) is 25.7 Å². The molecule has 116 valence electrons. The van der Waals surface area contributed by atoms with Crippen molar-refractivity contribution < 1.29 is 0 Å². The Morgan fingerprint density at radius 1 is 1.26 bits per heavy atom. The quantitative estimate of drug-likeness (QED) is 0.545. The molecule has 9 heteroatoms. The van der Waals surface area contributed by atoms with E-state index in [1.54, 1.807) is 0 Å². The van der Waals surface area contributed by atoms with Crippen LogP contribution in [0.25, 0.3) is 10.6 Å². The number of nitrogens with one attached hydrogen (secondary N) is 2. The smallest absolute Gasteiger partial charge is 0.275 e. The van der Waals surface area contributed by atoms with Crippen molar-refractivity contribution in [1.82, 2.24) is 15.2 Å². The molecule has 0 fully saturated rings. The molecule has 0 spiro atoms. The summed E-state index contributed by atoms with van der Waals surface area (Å²) < 4.78 is 0. The third-order valence-corrected chi connectivity index (χ3v) is 4.33. The average Bonchev–Trinajstić information content (AvgIpc) is 3.01. The molecular weight excluding hydrogens is 357 g/mol. The Morgan fingerprint density at radius 2 is 2.04 bits per heavy atom. The molecule has 6 nitrogen and oxygen atoms in total. The van der Waals surface area contributed by atoms with Crippen LogP contribution in [-0.2, 0) is 0 Å². The van der Waals surface area contributed by atoms with Gasteiger partial charge in [-0.2, -0.15) is 10.2 Å². The molecule has 0 bridgehead atoms. The maximum Gasteiger partial charge on any atom is 0.285 e. The lowest BCUT2D eigenvalue weighted by molar-refractivity contribution is 0.987. The molecule has 3 rings (SSSR count). The molecule has 0 saturated carbocycles. The van der Waals surface area contributed by atoms with Gasteiger partial charge in [-0.1, -0.05) is 35.3 Å². The largest absolute Gasteiger partial charge is 0.285 e. The van der Waals surface area contributed by atoms with Crippen LogP contribution in [0.2, 0.25) is 10.0 Å². The summed E-state index contributed by atoms with van der Waals surface area (Å²) in [7, 11) is 0. The number of benzene rings is 1. The summed E-state index contributed by atoms with van der Waals surface area (Å²) >= 11 is 13.2. The maximum atomic E-state index is 11.3. The molecule has 0 unspecified atom stereocenters. The second kappa shape index (κ2) is 6.91. The van der Waals surface area contributed by atoms with Crippen molar-refractivity contribution in [1.29, 1.82) is 0 Å². The number of aromatic nitrogens is 3. The summed E-state index contributed by atoms with van der Waals surface area (Å²) in [6, 6.07) is 7.44. The first-order valence-corrected chi connectivity index (χ1v) is 8.01. The first-order chi connectivity index (χ1) is 11.1. The van der Waals surface area contributed by atoms with E-state index in [0.717, 1.165) is 10.6 Å². The fourth-order valence-corrected chi connectivity index (χ4v) is 2.74. The SMILES string of the molecule is O=c1[nH]ncc(N/N=C\c2csc(-c3ccc(Cl)cc3)n2)c1Cl. The topological polar surface area (TPSA) is 83.0 Å². The van der Waals surface area contributed by atoms with E-state index in [9.17, 15) is 4.79 Å². The van der Waals surface area contributed by atoms with E-state index in [0.29, 0.717) is 16.4 Å². The Hall–Kier alpha value is -2.22. The minimum atomic E-state index is -0.481. The van der Waals surface area contributed by atoms with Crippen LogP contribution in [0.5, 0.6) is 0 Å². The molecule has 3 aromatic rings. The van der Waals surface area contributed by atoms with Crippen LogP contribution in [0, 0.1) is 0 Å². The highest BCUT2D eigenvalue weighted by Crippen LogP contribution is 2.24. The third kappa shape index (κ3) is 3.76. The molecule has 0 aliphatic carbocycles. The number of rotatable bonds is 4. The fourth-order valence-electron chi connectivity index (χ4n) is 1.70. The van der Waals surface area contributed by atoms with Crippen molar-refractivity contribution in [2.24, 2.45) is 5.10 Å². The number of hydrogen-bond donors (Lipinski definition) is 2. The molecule has 2 heterocycles. The Bertz CT molecular complexity index is 904. The maximum absolute atomic E-state index is 11.3. The highest BCUT2D eigenvalue weighted by atomic mass is 35.5. The second-order valence-electron chi connectivity index (χ2n) is 4.38. The van der Waals surface area contributed by atoms with Crippen molar-refractivity contribution >= 4 is 46.4 Å². The van der Waals surface area contributed by atoms with E-state index in [1.165, 1.54) is 23.7 Å². The van der Waals surface area contributed by atoms with Crippen molar-refractivity contribution in [3.63, 3.8) is 0 Å². The number of anilines is 1. The van der Waals surface area contributed by atoms with Crippen LogP contribution in [0.15, 0.2) is 45.7 Å². The second-order valence-corrected chi connectivity index (χ2v) is 6.05. The molecule has 1 aromatic carbocycles. The third-order valence-electron chi connectivity index (χ3n) is 2.79. The van der Waals surface area contributed by atoms with Gasteiger partial charge in [-0.3, -0.25) is 10.2 Å². The molecule has 0 radical (unpaired) electrons. The van der Waals surface area contributed by atoms with Crippen LogP contribution < -0.4 is 11.0 Å². The van der Waals surface area contributed by atoms with Gasteiger partial charge in [-0.05, 0) is 12.1 Å². The normalized spacial score (nSPS) is 11.0. The standard InChI is InChI=1S/C14H9Cl2N5OS/c15-9-3-1-8(2-4-9)14-19-10(7-23-14)5-17-20-11-6-18-21-13(22)12(11)16/h1-7H,(H2,20,21,22)/b17-5-. The van der Waals surface area contributed by atoms with Crippen LogP contribution in [0.3, 0.4) is 0 Å². The minimum absolute atomic E-state index is 0.00252. The van der Waals surface area contributed by atoms with Crippen molar-refractivity contribution in [3.8, 4) is 10.6 Å². The minimum Gasteiger partial charge on any atom is -0.275 e. The first kappa shape index (κ1) is 15.7. The van der Waals surface area contributed by atoms with Crippen molar-refractivity contribution in [3.05, 3.63) is 61.9 Å². The number of thiazole rings is 1. The van der Waals surface area contributed by atoms with Crippen LogP contribution in [-0.4, -0.2) is 21.4 Å². The summed E-state index contributed by atoms with van der Waals surface area (Å²) in [6.07, 6.45) is 2.91. The zero-order valence-electron chi connectivity index (χ0n) is 11.5. The van der Waals surface area contributed by atoms with Gasteiger partial charge < -0.3 is 0 Å². The monoisotopic (exact) mass is 365 g/mol. The molecule has 0 saturated heterocycles. The van der Waals surface area contributed by atoms with Crippen LogP contribution in [0.1, 0.15) is 5.69 Å². The first-order valence-electron chi connectivity index (χ1n) is 6.37. The van der Waals surface area contributed by atoms with Gasteiger partial charge in [-0.25, -0.2) is 10.1 Å². The number of aromatic amines is 1. The lowest BCUT2D eigenvalue weighted by Gasteiger charge is -1.99. The van der Waals surface area contributed by atoms with E-state index in [-0.39, 0.29) is 5.02 Å². The van der Waals surface area contributed by atoms with E-state index < -0.39 is 5.56 Å². The van der Waals surface area contributed by atoms with Gasteiger partial charge in [0.25, 0.3) is 5.56 Å². The molecular formula is C14H9Cl2N5OS. The number of hydrazone groups is 1. The molecule has 23 heavy (non-hydrogen) atoms. The average molecular weight is 366 g/mol. The van der Waals surface area contributed by atoms with Crippen molar-refractivity contribution in [2.75, 3.05) is 5.43 Å². The molecule has 0 atom stereocenters. The Labute approximate surface area is 144 Å². The van der Waals surface area contributed by atoms with Crippen molar-refractivity contribution in [2.45, 2.75) is 0 Å². The predicted molar refractivity (Wildman–Crippen MR) is 93.6 cm³/mol. The summed E-state index contributed by atoms with van der Waals surface area (Å²) in [4.78, 5) is 15.7. The lowest BCUT2D eigenvalue weighted by Crippen LogP contribution is -2.10. The summed E-state index contributed by atoms with van der Waals surface area (Å²) in [6.45, 7) is 0. The Kier molecular flexibility index (Phi) is 4.71. The van der Waals surface area contributed by atoms with Gasteiger partial charge in [0.1, 0.15) is 15.7 Å². The lowest BCUT2D eigenvalue weighted by atomic mass is 10.2. The number of halogens is 2. The van der Waals surface area contributed by atoms with Gasteiger partial charge in [0.2, 0.25) is 0 Å². The van der Waals surface area contributed by atoms with Crippen LogP contribution >= 0.6 is 34.5 Å². The number of hydrogen-bond acceptors (Lipinski definition) is 6. The van der Waals surface area contributed by atoms with E-state index >= 15 is 0 Å². The molecule has 0 amide bonds. The number of H-pyrrole nitrogens is 1.